The third-order valence-corrected chi connectivity index (χ3v) is 2.88. The molecule has 1 aromatic carbocycles. The summed E-state index contributed by atoms with van der Waals surface area (Å²) in [6, 6.07) is 4.61. The van der Waals surface area contributed by atoms with Crippen LogP contribution in [0.3, 0.4) is 0 Å². The van der Waals surface area contributed by atoms with E-state index in [1.807, 2.05) is 13.8 Å². The van der Waals surface area contributed by atoms with Crippen molar-refractivity contribution in [2.45, 2.75) is 13.8 Å². The minimum atomic E-state index is -0.553. The molecule has 20 heavy (non-hydrogen) atoms. The molecule has 1 aromatic rings. The van der Waals surface area contributed by atoms with Crippen molar-refractivity contribution in [2.75, 3.05) is 32.5 Å². The third kappa shape index (κ3) is 3.88. The summed E-state index contributed by atoms with van der Waals surface area (Å²) in [5, 5.41) is 0. The quantitative estimate of drug-likeness (QED) is 0.627. The number of amides is 1. The molecule has 1 rings (SSSR count). The van der Waals surface area contributed by atoms with E-state index in [4.69, 9.17) is 10.5 Å². The first-order valence-electron chi connectivity index (χ1n) is 6.41. The third-order valence-electron chi connectivity index (χ3n) is 2.88. The number of likely N-dealkylation sites (N-methyl/N-ethyl adjacent to an activating group) is 1. The molecular formula is C14H20N2O4. The summed E-state index contributed by atoms with van der Waals surface area (Å²) in [6.45, 7) is 4.89. The molecule has 1 amide bonds. The van der Waals surface area contributed by atoms with Crippen molar-refractivity contribution in [2.24, 2.45) is 0 Å². The number of carbonyl (C=O) groups excluding carboxylic acids is 2. The Morgan fingerprint density at radius 1 is 1.25 bits per heavy atom. The fourth-order valence-electron chi connectivity index (χ4n) is 1.75. The predicted molar refractivity (Wildman–Crippen MR) is 75.6 cm³/mol. The average molecular weight is 280 g/mol. The van der Waals surface area contributed by atoms with Gasteiger partial charge in [-0.3, -0.25) is 4.79 Å². The van der Waals surface area contributed by atoms with Gasteiger partial charge in [0, 0.05) is 18.8 Å². The molecule has 0 heterocycles. The Morgan fingerprint density at radius 2 is 1.90 bits per heavy atom. The number of esters is 1. The van der Waals surface area contributed by atoms with Crippen LogP contribution in [0.5, 0.6) is 5.75 Å². The predicted octanol–water partition coefficient (Wildman–Crippen LogP) is 1.30. The molecule has 0 unspecified atom stereocenters. The van der Waals surface area contributed by atoms with Gasteiger partial charge in [-0.25, -0.2) is 4.79 Å². The molecule has 0 spiro atoms. The van der Waals surface area contributed by atoms with Gasteiger partial charge in [0.15, 0.2) is 6.61 Å². The average Bonchev–Trinajstić information content (AvgIpc) is 2.46. The van der Waals surface area contributed by atoms with Crippen molar-refractivity contribution >= 4 is 17.6 Å². The minimum absolute atomic E-state index is 0.129. The van der Waals surface area contributed by atoms with E-state index in [2.05, 4.69) is 4.74 Å². The zero-order chi connectivity index (χ0) is 15.1. The summed E-state index contributed by atoms with van der Waals surface area (Å²) in [4.78, 5) is 25.1. The van der Waals surface area contributed by atoms with Gasteiger partial charge in [-0.05, 0) is 32.0 Å². The monoisotopic (exact) mass is 280 g/mol. The van der Waals surface area contributed by atoms with Crippen LogP contribution >= 0.6 is 0 Å². The molecular weight excluding hydrogens is 260 g/mol. The molecule has 0 fully saturated rings. The minimum Gasteiger partial charge on any atom is -0.483 e. The second-order valence-electron chi connectivity index (χ2n) is 4.10. The molecule has 6 heteroatoms. The lowest BCUT2D eigenvalue weighted by Crippen LogP contribution is -2.34. The van der Waals surface area contributed by atoms with Gasteiger partial charge in [0.2, 0.25) is 0 Å². The number of rotatable bonds is 6. The molecule has 0 saturated carbocycles. The van der Waals surface area contributed by atoms with Gasteiger partial charge in [-0.15, -0.1) is 0 Å². The fourth-order valence-corrected chi connectivity index (χ4v) is 1.75. The fraction of sp³-hybridized carbons (Fsp3) is 0.429. The van der Waals surface area contributed by atoms with E-state index < -0.39 is 5.97 Å². The highest BCUT2D eigenvalue weighted by Crippen LogP contribution is 2.22. The van der Waals surface area contributed by atoms with Gasteiger partial charge in [-0.1, -0.05) is 0 Å². The normalized spacial score (nSPS) is 9.95. The van der Waals surface area contributed by atoms with E-state index in [-0.39, 0.29) is 23.8 Å². The first-order chi connectivity index (χ1) is 9.53. The number of nitrogens with two attached hydrogens (primary N) is 1. The van der Waals surface area contributed by atoms with Crippen LogP contribution < -0.4 is 10.5 Å². The number of methoxy groups -OCH3 is 1. The zero-order valence-electron chi connectivity index (χ0n) is 12.0. The first-order valence-corrected chi connectivity index (χ1v) is 6.41. The Bertz CT molecular complexity index is 484. The summed E-state index contributed by atoms with van der Waals surface area (Å²) < 4.78 is 10.1. The van der Waals surface area contributed by atoms with Gasteiger partial charge >= 0.3 is 5.97 Å². The zero-order valence-corrected chi connectivity index (χ0v) is 12.0. The number of hydrogen-bond acceptors (Lipinski definition) is 5. The van der Waals surface area contributed by atoms with Crippen molar-refractivity contribution in [1.29, 1.82) is 0 Å². The van der Waals surface area contributed by atoms with Crippen molar-refractivity contribution in [3.05, 3.63) is 23.8 Å². The highest BCUT2D eigenvalue weighted by Gasteiger charge is 2.16. The maximum Gasteiger partial charge on any atom is 0.341 e. The Hall–Kier alpha value is -2.24. The highest BCUT2D eigenvalue weighted by molar-refractivity contribution is 5.93. The number of benzene rings is 1. The van der Waals surface area contributed by atoms with Crippen LogP contribution in [0, 0.1) is 0 Å². The van der Waals surface area contributed by atoms with Crippen LogP contribution in [-0.2, 0) is 9.53 Å². The van der Waals surface area contributed by atoms with Crippen LogP contribution in [0.2, 0.25) is 0 Å². The summed E-state index contributed by atoms with van der Waals surface area (Å²) in [6.07, 6.45) is 0. The number of nitrogen functional groups attached to an aromatic ring is 1. The molecule has 0 aliphatic carbocycles. The van der Waals surface area contributed by atoms with Gasteiger partial charge < -0.3 is 20.1 Å². The number of hydrogen-bond donors (Lipinski definition) is 1. The Kier molecular flexibility index (Phi) is 5.83. The lowest BCUT2D eigenvalue weighted by molar-refractivity contribution is -0.132. The second-order valence-corrected chi connectivity index (χ2v) is 4.10. The first kappa shape index (κ1) is 15.8. The summed E-state index contributed by atoms with van der Waals surface area (Å²) in [5.41, 5.74) is 6.26. The number of nitrogens with zero attached hydrogens (tertiary/aromatic N) is 1. The highest BCUT2D eigenvalue weighted by atomic mass is 16.5. The van der Waals surface area contributed by atoms with Crippen molar-refractivity contribution in [3.8, 4) is 5.75 Å². The molecule has 0 saturated heterocycles. The van der Waals surface area contributed by atoms with E-state index in [0.29, 0.717) is 18.8 Å². The number of anilines is 1. The topological polar surface area (TPSA) is 81.9 Å². The lowest BCUT2D eigenvalue weighted by Gasteiger charge is -2.19. The van der Waals surface area contributed by atoms with Gasteiger partial charge in [0.25, 0.3) is 5.91 Å². The van der Waals surface area contributed by atoms with Crippen molar-refractivity contribution in [3.63, 3.8) is 0 Å². The molecule has 0 aliphatic heterocycles. The van der Waals surface area contributed by atoms with Gasteiger partial charge in [-0.2, -0.15) is 0 Å². The molecule has 0 aromatic heterocycles. The van der Waals surface area contributed by atoms with Crippen LogP contribution in [-0.4, -0.2) is 43.6 Å². The van der Waals surface area contributed by atoms with Crippen LogP contribution in [0.4, 0.5) is 5.69 Å². The molecule has 0 aliphatic rings. The maximum absolute atomic E-state index is 11.9. The second kappa shape index (κ2) is 7.37. The Morgan fingerprint density at radius 3 is 2.45 bits per heavy atom. The number of ether oxygens (including phenoxy) is 2. The SMILES string of the molecule is CCN(CC)C(=O)COc1ccc(N)cc1C(=O)OC. The molecule has 0 radical (unpaired) electrons. The molecule has 110 valence electrons. The Balaban J connectivity index is 2.82. The lowest BCUT2D eigenvalue weighted by atomic mass is 10.2. The van der Waals surface area contributed by atoms with Crippen LogP contribution in [0.25, 0.3) is 0 Å². The number of carbonyl (C=O) groups is 2. The van der Waals surface area contributed by atoms with Crippen LogP contribution in [0.15, 0.2) is 18.2 Å². The van der Waals surface area contributed by atoms with Crippen molar-refractivity contribution < 1.29 is 19.1 Å². The van der Waals surface area contributed by atoms with E-state index >= 15 is 0 Å². The molecule has 6 nitrogen and oxygen atoms in total. The van der Waals surface area contributed by atoms with Gasteiger partial charge in [0.1, 0.15) is 11.3 Å². The molecule has 0 atom stereocenters. The standard InChI is InChI=1S/C14H20N2O4/c1-4-16(5-2)13(17)9-20-12-7-6-10(15)8-11(12)14(18)19-3/h6-8H,4-5,9,15H2,1-3H3. The van der Waals surface area contributed by atoms with Crippen LogP contribution in [0.1, 0.15) is 24.2 Å². The smallest absolute Gasteiger partial charge is 0.341 e. The molecule has 0 bridgehead atoms. The van der Waals surface area contributed by atoms with E-state index in [1.54, 1.807) is 17.0 Å². The summed E-state index contributed by atoms with van der Waals surface area (Å²) in [5.74, 6) is -0.406. The van der Waals surface area contributed by atoms with E-state index in [9.17, 15) is 9.59 Å². The van der Waals surface area contributed by atoms with Gasteiger partial charge in [0.05, 0.1) is 7.11 Å². The van der Waals surface area contributed by atoms with E-state index in [0.717, 1.165) is 0 Å². The summed E-state index contributed by atoms with van der Waals surface area (Å²) in [7, 11) is 1.27. The molecule has 2 N–H and O–H groups in total. The van der Waals surface area contributed by atoms with E-state index in [1.165, 1.54) is 13.2 Å². The Labute approximate surface area is 118 Å². The summed E-state index contributed by atoms with van der Waals surface area (Å²) >= 11 is 0. The van der Waals surface area contributed by atoms with Crippen molar-refractivity contribution in [1.82, 2.24) is 4.90 Å². The maximum atomic E-state index is 11.9. The largest absolute Gasteiger partial charge is 0.483 e.